The molecule has 7 N–H and O–H groups in total. The quantitative estimate of drug-likeness (QED) is 0.252. The third-order valence-electron chi connectivity index (χ3n) is 8.71. The molecule has 4 atom stereocenters. The number of primary amides is 1. The van der Waals surface area contributed by atoms with Crippen molar-refractivity contribution in [2.45, 2.75) is 31.0 Å². The van der Waals surface area contributed by atoms with E-state index < -0.39 is 69.9 Å². The van der Waals surface area contributed by atoms with Crippen LogP contribution >= 0.6 is 11.6 Å². The SMILES string of the molecule is CN(C)c1cc(CNC(=O)Oc2ccc(Cl)cc2)c(O)c2c1C[C@@H]1C[C@@H]3[C@@H](N(C)C)C(O)=C(C(N)=O)C(=O)[C@]3(O)C(O)=C1C2=O. The molecule has 0 aromatic heterocycles. The molecule has 14 heteroatoms. The second-order valence-electron chi connectivity index (χ2n) is 11.8. The summed E-state index contributed by atoms with van der Waals surface area (Å²) >= 11 is 5.86. The maximum absolute atomic E-state index is 14.1. The van der Waals surface area contributed by atoms with Crippen molar-refractivity contribution in [3.05, 3.63) is 74.7 Å². The van der Waals surface area contributed by atoms with Crippen molar-refractivity contribution in [1.82, 2.24) is 10.2 Å². The minimum atomic E-state index is -2.74. The zero-order valence-corrected chi connectivity index (χ0v) is 25.7. The predicted octanol–water partition coefficient (Wildman–Crippen LogP) is 2.13. The normalized spacial score (nSPS) is 24.2. The van der Waals surface area contributed by atoms with Gasteiger partial charge in [0, 0.05) is 48.4 Å². The molecule has 2 aromatic rings. The number of phenolic OH excluding ortho intramolecular Hbond substituents is 1. The van der Waals surface area contributed by atoms with E-state index in [1.807, 2.05) is 0 Å². The summed E-state index contributed by atoms with van der Waals surface area (Å²) in [6.07, 6.45) is -0.734. The molecule has 3 aliphatic rings. The molecular weight excluding hydrogens is 608 g/mol. The molecule has 0 heterocycles. The molecule has 3 aliphatic carbocycles. The maximum atomic E-state index is 14.1. The van der Waals surface area contributed by atoms with Crippen LogP contribution in [0.4, 0.5) is 10.5 Å². The van der Waals surface area contributed by atoms with Crippen molar-refractivity contribution in [3.63, 3.8) is 0 Å². The number of nitrogens with zero attached hydrogens (tertiary/aromatic N) is 2. The van der Waals surface area contributed by atoms with Crippen LogP contribution in [-0.4, -0.2) is 88.7 Å². The highest BCUT2D eigenvalue weighted by Gasteiger charge is 2.63. The average molecular weight is 641 g/mol. The second kappa shape index (κ2) is 11.4. The summed E-state index contributed by atoms with van der Waals surface area (Å²) < 4.78 is 5.23. The lowest BCUT2D eigenvalue weighted by Crippen LogP contribution is -2.63. The lowest BCUT2D eigenvalue weighted by molar-refractivity contribution is -0.148. The molecule has 5 rings (SSSR count). The number of nitrogens with two attached hydrogens (primary N) is 1. The number of halogens is 1. The van der Waals surface area contributed by atoms with Crippen molar-refractivity contribution in [1.29, 1.82) is 0 Å². The predicted molar refractivity (Wildman–Crippen MR) is 162 cm³/mol. The Morgan fingerprint density at radius 3 is 2.33 bits per heavy atom. The number of carbonyl (C=O) groups excluding carboxylic acids is 4. The topological polar surface area (TPSA) is 203 Å². The first-order chi connectivity index (χ1) is 21.1. The maximum Gasteiger partial charge on any atom is 0.412 e. The van der Waals surface area contributed by atoms with E-state index in [-0.39, 0.29) is 41.8 Å². The number of anilines is 1. The number of carbonyl (C=O) groups is 4. The highest BCUT2D eigenvalue weighted by molar-refractivity contribution is 6.30. The summed E-state index contributed by atoms with van der Waals surface area (Å²) in [4.78, 5) is 55.5. The highest BCUT2D eigenvalue weighted by Crippen LogP contribution is 2.53. The van der Waals surface area contributed by atoms with E-state index in [2.05, 4.69) is 5.32 Å². The molecule has 2 amide bonds. The van der Waals surface area contributed by atoms with Gasteiger partial charge in [-0.3, -0.25) is 19.3 Å². The monoisotopic (exact) mass is 640 g/mol. The van der Waals surface area contributed by atoms with Crippen LogP contribution in [-0.2, 0) is 22.6 Å². The van der Waals surface area contributed by atoms with E-state index in [4.69, 9.17) is 22.1 Å². The lowest BCUT2D eigenvalue weighted by Gasteiger charge is -2.50. The number of allylic oxidation sites excluding steroid dienone is 1. The van der Waals surface area contributed by atoms with Gasteiger partial charge in [-0.2, -0.15) is 0 Å². The fourth-order valence-electron chi connectivity index (χ4n) is 6.70. The molecule has 0 radical (unpaired) electrons. The number of ketones is 2. The molecule has 0 aliphatic heterocycles. The Labute approximate surface area is 263 Å². The number of amides is 2. The number of Topliss-reactive ketones (excluding diaryl/α,β-unsaturated/α-hetero) is 2. The third kappa shape index (κ3) is 5.06. The fourth-order valence-corrected chi connectivity index (χ4v) is 6.83. The zero-order valence-electron chi connectivity index (χ0n) is 24.9. The van der Waals surface area contributed by atoms with Gasteiger partial charge in [0.15, 0.2) is 11.4 Å². The van der Waals surface area contributed by atoms with Crippen LogP contribution in [0.2, 0.25) is 5.02 Å². The summed E-state index contributed by atoms with van der Waals surface area (Å²) in [6.45, 7) is -0.241. The Kier molecular flexibility index (Phi) is 8.06. The highest BCUT2D eigenvalue weighted by atomic mass is 35.5. The average Bonchev–Trinajstić information content (AvgIpc) is 2.95. The van der Waals surface area contributed by atoms with E-state index >= 15 is 0 Å². The second-order valence-corrected chi connectivity index (χ2v) is 12.2. The molecule has 13 nitrogen and oxygen atoms in total. The Balaban J connectivity index is 1.56. The van der Waals surface area contributed by atoms with E-state index in [1.165, 1.54) is 17.0 Å². The summed E-state index contributed by atoms with van der Waals surface area (Å²) in [7, 11) is 6.61. The number of rotatable bonds is 6. The number of phenols is 1. The number of fused-ring (bicyclic) bond motifs is 3. The number of hydrogen-bond acceptors (Lipinski definition) is 11. The molecule has 0 saturated heterocycles. The Morgan fingerprint density at radius 1 is 1.11 bits per heavy atom. The van der Waals surface area contributed by atoms with Crippen LogP contribution in [0.5, 0.6) is 11.5 Å². The van der Waals surface area contributed by atoms with Gasteiger partial charge in [0.2, 0.25) is 5.78 Å². The van der Waals surface area contributed by atoms with E-state index in [0.717, 1.165) is 0 Å². The Bertz CT molecular complexity index is 1700. The number of benzene rings is 2. The molecule has 0 spiro atoms. The molecule has 0 fully saturated rings. The molecule has 238 valence electrons. The Morgan fingerprint density at radius 2 is 1.76 bits per heavy atom. The van der Waals surface area contributed by atoms with Crippen LogP contribution in [0.25, 0.3) is 0 Å². The van der Waals surface area contributed by atoms with Gasteiger partial charge in [0.1, 0.15) is 28.6 Å². The molecule has 0 saturated carbocycles. The summed E-state index contributed by atoms with van der Waals surface area (Å²) in [5.41, 5.74) is 2.51. The zero-order chi connectivity index (χ0) is 33.1. The molecular formula is C31H33ClN4O9. The minimum absolute atomic E-state index is 0.0285. The minimum Gasteiger partial charge on any atom is -0.510 e. The van der Waals surface area contributed by atoms with Crippen molar-refractivity contribution in [2.75, 3.05) is 33.1 Å². The number of hydrogen-bond donors (Lipinski definition) is 6. The lowest BCUT2D eigenvalue weighted by atomic mass is 9.58. The van der Waals surface area contributed by atoms with Gasteiger partial charge in [-0.1, -0.05) is 11.6 Å². The molecule has 0 unspecified atom stereocenters. The van der Waals surface area contributed by atoms with Crippen molar-refractivity contribution >= 4 is 40.9 Å². The molecule has 45 heavy (non-hydrogen) atoms. The van der Waals surface area contributed by atoms with Crippen molar-refractivity contribution < 1.29 is 44.3 Å². The molecule has 0 bridgehead atoms. The third-order valence-corrected chi connectivity index (χ3v) is 8.96. The van der Waals surface area contributed by atoms with Crippen LogP contribution in [0.1, 0.15) is 27.9 Å². The first-order valence-corrected chi connectivity index (χ1v) is 14.4. The van der Waals surface area contributed by atoms with Gasteiger partial charge in [0.05, 0.1) is 11.6 Å². The van der Waals surface area contributed by atoms with Gasteiger partial charge >= 0.3 is 6.09 Å². The smallest absolute Gasteiger partial charge is 0.412 e. The summed E-state index contributed by atoms with van der Waals surface area (Å²) in [5, 5.41) is 48.6. The van der Waals surface area contributed by atoms with Crippen LogP contribution in [0.3, 0.4) is 0 Å². The molecule has 2 aromatic carbocycles. The number of ether oxygens (including phenoxy) is 1. The van der Waals surface area contributed by atoms with Crippen LogP contribution in [0, 0.1) is 11.8 Å². The summed E-state index contributed by atoms with van der Waals surface area (Å²) in [6, 6.07) is 6.63. The Hall–Kier alpha value is -4.59. The largest absolute Gasteiger partial charge is 0.510 e. The van der Waals surface area contributed by atoms with Gasteiger partial charge < -0.3 is 41.1 Å². The van der Waals surface area contributed by atoms with Crippen LogP contribution < -0.4 is 20.7 Å². The van der Waals surface area contributed by atoms with E-state index in [9.17, 15) is 39.6 Å². The van der Waals surface area contributed by atoms with Gasteiger partial charge in [-0.15, -0.1) is 0 Å². The first kappa shape index (κ1) is 31.8. The van der Waals surface area contributed by atoms with E-state index in [0.29, 0.717) is 16.3 Å². The standard InChI is InChI=1S/C31H33ClN4O9/c1-35(2)19-11-14(12-34-30(43)45-16-7-5-15(32)6-8-16)24(37)21-17(19)9-13-10-18-23(36(3)4)26(39)22(29(33)42)28(41)31(18,44)27(40)20(13)25(21)38/h5-8,11,13,18,23,37,39-40,44H,9-10,12H2,1-4H3,(H2,33,42)(H,34,43)/t13-,18-,23-,31-/m1/s1. The number of aliphatic hydroxyl groups excluding tert-OH is 2. The number of nitrogens with one attached hydrogen (secondary N) is 1. The van der Waals surface area contributed by atoms with Crippen LogP contribution in [0.15, 0.2) is 53.0 Å². The van der Waals surface area contributed by atoms with Gasteiger partial charge in [-0.05, 0) is 68.8 Å². The van der Waals surface area contributed by atoms with Crippen molar-refractivity contribution in [3.8, 4) is 11.5 Å². The van der Waals surface area contributed by atoms with Gasteiger partial charge in [-0.25, -0.2) is 4.79 Å². The summed E-state index contributed by atoms with van der Waals surface area (Å²) in [5.74, 6) is -7.10. The number of likely N-dealkylation sites (N-methyl/N-ethyl adjacent to an activating group) is 1. The fraction of sp³-hybridized carbons (Fsp3) is 0.355. The first-order valence-electron chi connectivity index (χ1n) is 14.0. The van der Waals surface area contributed by atoms with E-state index in [1.54, 1.807) is 51.3 Å². The van der Waals surface area contributed by atoms with Crippen molar-refractivity contribution in [2.24, 2.45) is 17.6 Å². The van der Waals surface area contributed by atoms with Gasteiger partial charge in [0.25, 0.3) is 5.91 Å². The number of aliphatic hydroxyl groups is 3. The number of aromatic hydroxyl groups is 1.